The fourth-order valence-electron chi connectivity index (χ4n) is 2.25. The molecule has 1 aromatic heterocycles. The first-order valence-electron chi connectivity index (χ1n) is 6.16. The van der Waals surface area contributed by atoms with Gasteiger partial charge in [-0.05, 0) is 32.6 Å². The van der Waals surface area contributed by atoms with Crippen LogP contribution in [0.15, 0.2) is 0 Å². The Labute approximate surface area is 102 Å². The molecule has 3 heteroatoms. The highest BCUT2D eigenvalue weighted by atomic mass is 32.1. The third-order valence-corrected chi connectivity index (χ3v) is 5.16. The van der Waals surface area contributed by atoms with Crippen molar-refractivity contribution in [1.82, 2.24) is 4.98 Å². The van der Waals surface area contributed by atoms with Crippen LogP contribution in [0.1, 0.15) is 62.5 Å². The molecule has 90 valence electrons. The zero-order valence-corrected chi connectivity index (χ0v) is 11.6. The summed E-state index contributed by atoms with van der Waals surface area (Å²) in [5.74, 6) is 0. The van der Waals surface area contributed by atoms with E-state index in [0.29, 0.717) is 0 Å². The van der Waals surface area contributed by atoms with Crippen LogP contribution in [0.4, 0.5) is 0 Å². The van der Waals surface area contributed by atoms with Crippen LogP contribution in [-0.2, 0) is 17.4 Å². The lowest BCUT2D eigenvalue weighted by Crippen LogP contribution is -2.32. The van der Waals surface area contributed by atoms with Gasteiger partial charge in [-0.1, -0.05) is 20.8 Å². The summed E-state index contributed by atoms with van der Waals surface area (Å²) in [6.45, 7) is 8.82. The minimum atomic E-state index is -0.252. The highest BCUT2D eigenvalue weighted by molar-refractivity contribution is 7.11. The molecule has 0 bridgehead atoms. The number of aryl methyl sites for hydroxylation is 1. The Hall–Kier alpha value is -0.410. The monoisotopic (exact) mass is 238 g/mol. The van der Waals surface area contributed by atoms with Gasteiger partial charge >= 0.3 is 0 Å². The normalized spacial score (nSPS) is 22.6. The summed E-state index contributed by atoms with van der Waals surface area (Å²) in [7, 11) is 0. The number of aromatic nitrogens is 1. The van der Waals surface area contributed by atoms with Crippen molar-refractivity contribution in [3.63, 3.8) is 0 Å². The fraction of sp³-hybridized carbons (Fsp3) is 0.769. The molecule has 1 unspecified atom stereocenters. The van der Waals surface area contributed by atoms with Gasteiger partial charge < -0.3 is 5.73 Å². The molecule has 0 amide bonds. The zero-order chi connectivity index (χ0) is 12.0. The predicted molar refractivity (Wildman–Crippen MR) is 69.9 cm³/mol. The van der Waals surface area contributed by atoms with Crippen LogP contribution in [0.3, 0.4) is 0 Å². The summed E-state index contributed by atoms with van der Waals surface area (Å²) in [5.41, 5.74) is 7.59. The molecule has 1 heterocycles. The second-order valence-corrected chi connectivity index (χ2v) is 6.88. The first kappa shape index (κ1) is 12.1. The smallest absolute Gasteiger partial charge is 0.113 e. The molecule has 1 aromatic rings. The van der Waals surface area contributed by atoms with Gasteiger partial charge in [0.15, 0.2) is 0 Å². The summed E-state index contributed by atoms with van der Waals surface area (Å²) in [6, 6.07) is 0. The van der Waals surface area contributed by atoms with Crippen LogP contribution in [0.2, 0.25) is 0 Å². The quantitative estimate of drug-likeness (QED) is 0.858. The highest BCUT2D eigenvalue weighted by Crippen LogP contribution is 2.41. The zero-order valence-electron chi connectivity index (χ0n) is 10.8. The molecule has 0 aromatic carbocycles. The van der Waals surface area contributed by atoms with Crippen molar-refractivity contribution in [3.05, 3.63) is 15.6 Å². The van der Waals surface area contributed by atoms with E-state index >= 15 is 0 Å². The average Bonchev–Trinajstić information content (AvgIpc) is 2.63. The second-order valence-electron chi connectivity index (χ2n) is 5.80. The molecule has 2 N–H and O–H groups in total. The van der Waals surface area contributed by atoms with E-state index in [4.69, 9.17) is 10.7 Å². The highest BCUT2D eigenvalue weighted by Gasteiger charge is 2.34. The molecule has 0 fully saturated rings. The van der Waals surface area contributed by atoms with Crippen LogP contribution < -0.4 is 5.73 Å². The standard InChI is InChI=1S/C13H22N2S/c1-5-13(4,14)11-15-10-9(16-11)7-6-8-12(10,2)3/h5-8,14H2,1-4H3. The van der Waals surface area contributed by atoms with E-state index in [-0.39, 0.29) is 11.0 Å². The maximum atomic E-state index is 6.29. The molecule has 0 saturated carbocycles. The third kappa shape index (κ3) is 1.91. The maximum Gasteiger partial charge on any atom is 0.113 e. The molecule has 2 rings (SSSR count). The maximum absolute atomic E-state index is 6.29. The van der Waals surface area contributed by atoms with Gasteiger partial charge in [0, 0.05) is 10.3 Å². The second kappa shape index (κ2) is 3.81. The van der Waals surface area contributed by atoms with E-state index < -0.39 is 0 Å². The third-order valence-electron chi connectivity index (χ3n) is 3.77. The number of rotatable bonds is 2. The molecule has 2 nitrogen and oxygen atoms in total. The number of hydrogen-bond acceptors (Lipinski definition) is 3. The Morgan fingerprint density at radius 2 is 2.19 bits per heavy atom. The molecule has 1 aliphatic rings. The lowest BCUT2D eigenvalue weighted by molar-refractivity contribution is 0.416. The SMILES string of the molecule is CCC(C)(N)c1nc2c(s1)CCCC2(C)C. The lowest BCUT2D eigenvalue weighted by atomic mass is 9.79. The topological polar surface area (TPSA) is 38.9 Å². The van der Waals surface area contributed by atoms with Crippen LogP contribution in [-0.4, -0.2) is 4.98 Å². The van der Waals surface area contributed by atoms with Crippen molar-refractivity contribution in [3.8, 4) is 0 Å². The summed E-state index contributed by atoms with van der Waals surface area (Å²) in [5, 5.41) is 1.12. The van der Waals surface area contributed by atoms with Gasteiger partial charge in [0.1, 0.15) is 5.01 Å². The number of thiazole rings is 1. The number of fused-ring (bicyclic) bond motifs is 1. The van der Waals surface area contributed by atoms with E-state index in [1.54, 1.807) is 0 Å². The molecule has 0 radical (unpaired) electrons. The number of hydrogen-bond donors (Lipinski definition) is 1. The molecule has 16 heavy (non-hydrogen) atoms. The van der Waals surface area contributed by atoms with E-state index in [1.807, 2.05) is 11.3 Å². The minimum Gasteiger partial charge on any atom is -0.320 e. The Kier molecular flexibility index (Phi) is 2.87. The van der Waals surface area contributed by atoms with Crippen molar-refractivity contribution in [1.29, 1.82) is 0 Å². The van der Waals surface area contributed by atoms with Crippen LogP contribution >= 0.6 is 11.3 Å². The summed E-state index contributed by atoms with van der Waals surface area (Å²) >= 11 is 1.83. The van der Waals surface area contributed by atoms with Gasteiger partial charge in [0.05, 0.1) is 11.2 Å². The molecular formula is C13H22N2S. The van der Waals surface area contributed by atoms with Crippen molar-refractivity contribution >= 4 is 11.3 Å². The van der Waals surface area contributed by atoms with Crippen molar-refractivity contribution < 1.29 is 0 Å². The molecule has 0 saturated heterocycles. The number of nitrogens with zero attached hydrogens (tertiary/aromatic N) is 1. The van der Waals surface area contributed by atoms with Gasteiger partial charge in [-0.2, -0.15) is 0 Å². The largest absolute Gasteiger partial charge is 0.320 e. The van der Waals surface area contributed by atoms with Gasteiger partial charge in [0.2, 0.25) is 0 Å². The Bertz CT molecular complexity index is 391. The molecule has 0 spiro atoms. The first-order chi connectivity index (χ1) is 7.37. The molecule has 1 aliphatic carbocycles. The fourth-order valence-corrected chi connectivity index (χ4v) is 3.67. The van der Waals surface area contributed by atoms with Crippen molar-refractivity contribution in [2.75, 3.05) is 0 Å². The van der Waals surface area contributed by atoms with E-state index in [0.717, 1.165) is 11.4 Å². The summed E-state index contributed by atoms with van der Waals surface area (Å²) < 4.78 is 0. The molecule has 1 atom stereocenters. The van der Waals surface area contributed by atoms with Crippen LogP contribution in [0, 0.1) is 0 Å². The Morgan fingerprint density at radius 1 is 1.50 bits per heavy atom. The lowest BCUT2D eigenvalue weighted by Gasteiger charge is -2.28. The first-order valence-corrected chi connectivity index (χ1v) is 6.98. The summed E-state index contributed by atoms with van der Waals surface area (Å²) in [4.78, 5) is 6.31. The van der Waals surface area contributed by atoms with Crippen LogP contribution in [0.5, 0.6) is 0 Å². The molecule has 0 aliphatic heterocycles. The minimum absolute atomic E-state index is 0.242. The average molecular weight is 238 g/mol. The molecular weight excluding hydrogens is 216 g/mol. The van der Waals surface area contributed by atoms with Gasteiger partial charge in [0.25, 0.3) is 0 Å². The Morgan fingerprint density at radius 3 is 2.75 bits per heavy atom. The van der Waals surface area contributed by atoms with Crippen molar-refractivity contribution in [2.24, 2.45) is 5.73 Å². The van der Waals surface area contributed by atoms with E-state index in [2.05, 4.69) is 27.7 Å². The van der Waals surface area contributed by atoms with Gasteiger partial charge in [-0.25, -0.2) is 4.98 Å². The van der Waals surface area contributed by atoms with E-state index in [1.165, 1.54) is 29.8 Å². The van der Waals surface area contributed by atoms with Gasteiger partial charge in [-0.15, -0.1) is 11.3 Å². The summed E-state index contributed by atoms with van der Waals surface area (Å²) in [6.07, 6.45) is 4.67. The van der Waals surface area contributed by atoms with Crippen LogP contribution in [0.25, 0.3) is 0 Å². The predicted octanol–water partition coefficient (Wildman–Crippen LogP) is 3.34. The van der Waals surface area contributed by atoms with E-state index in [9.17, 15) is 0 Å². The van der Waals surface area contributed by atoms with Gasteiger partial charge in [-0.3, -0.25) is 0 Å². The Balaban J connectivity index is 2.44. The van der Waals surface area contributed by atoms with Crippen molar-refractivity contribution in [2.45, 2.75) is 64.3 Å². The number of nitrogens with two attached hydrogens (primary N) is 1.